The molecule has 24 heavy (non-hydrogen) atoms. The average molecular weight is 332 g/mol. The molecule has 6 nitrogen and oxygen atoms in total. The summed E-state index contributed by atoms with van der Waals surface area (Å²) in [7, 11) is 0. The summed E-state index contributed by atoms with van der Waals surface area (Å²) < 4.78 is 0. The molecule has 1 aromatic heterocycles. The first-order valence-corrected chi connectivity index (χ1v) is 8.86. The van der Waals surface area contributed by atoms with E-state index in [2.05, 4.69) is 41.3 Å². The zero-order valence-corrected chi connectivity index (χ0v) is 14.8. The van der Waals surface area contributed by atoms with Gasteiger partial charge in [-0.15, -0.1) is 0 Å². The molecule has 3 N–H and O–H groups in total. The van der Waals surface area contributed by atoms with Crippen molar-refractivity contribution in [1.29, 1.82) is 0 Å². The van der Waals surface area contributed by atoms with E-state index in [1.165, 1.54) is 11.9 Å². The number of hydrogen-bond donors (Lipinski definition) is 3. The Morgan fingerprint density at radius 1 is 1.46 bits per heavy atom. The highest BCUT2D eigenvalue weighted by molar-refractivity contribution is 5.94. The summed E-state index contributed by atoms with van der Waals surface area (Å²) in [5.41, 5.74) is 2.43. The van der Waals surface area contributed by atoms with Crippen LogP contribution in [0.25, 0.3) is 0 Å². The third kappa shape index (κ3) is 3.69. The van der Waals surface area contributed by atoms with Gasteiger partial charge in [0.1, 0.15) is 12.2 Å². The summed E-state index contributed by atoms with van der Waals surface area (Å²) >= 11 is 0. The van der Waals surface area contributed by atoms with Crippen molar-refractivity contribution in [3.63, 3.8) is 0 Å². The molecule has 2 aliphatic rings. The van der Waals surface area contributed by atoms with E-state index < -0.39 is 6.10 Å². The molecular formula is C18H28N4O2. The number of allylic oxidation sites excluding steroid dienone is 1. The molecule has 0 aromatic carbocycles. The number of carbonyl (C=O) groups is 1. The van der Waals surface area contributed by atoms with E-state index in [4.69, 9.17) is 0 Å². The maximum absolute atomic E-state index is 12.5. The van der Waals surface area contributed by atoms with E-state index in [0.29, 0.717) is 18.4 Å². The number of nitrogens with one attached hydrogen (secondary N) is 2. The molecule has 0 spiro atoms. The summed E-state index contributed by atoms with van der Waals surface area (Å²) in [4.78, 5) is 16.7. The lowest BCUT2D eigenvalue weighted by atomic mass is 9.74. The van der Waals surface area contributed by atoms with Crippen LogP contribution in [0.5, 0.6) is 0 Å². The molecule has 1 amide bonds. The van der Waals surface area contributed by atoms with Crippen LogP contribution in [0.3, 0.4) is 0 Å². The molecular weight excluding hydrogens is 304 g/mol. The van der Waals surface area contributed by atoms with Crippen LogP contribution in [0.1, 0.15) is 64.6 Å². The minimum absolute atomic E-state index is 0.0401. The van der Waals surface area contributed by atoms with Crippen LogP contribution in [0.15, 0.2) is 17.5 Å². The number of H-pyrrole nitrogens is 1. The van der Waals surface area contributed by atoms with Crippen molar-refractivity contribution in [3.8, 4) is 0 Å². The van der Waals surface area contributed by atoms with Gasteiger partial charge < -0.3 is 10.4 Å². The molecule has 1 heterocycles. The number of amides is 1. The highest BCUT2D eigenvalue weighted by Crippen LogP contribution is 2.39. The molecule has 0 saturated heterocycles. The first kappa shape index (κ1) is 17.1. The Labute approximate surface area is 143 Å². The minimum atomic E-state index is -0.402. The van der Waals surface area contributed by atoms with Crippen LogP contribution in [0.2, 0.25) is 0 Å². The molecule has 0 bridgehead atoms. The van der Waals surface area contributed by atoms with Crippen LogP contribution < -0.4 is 5.32 Å². The Hall–Kier alpha value is -1.69. The third-order valence-electron chi connectivity index (χ3n) is 5.59. The second-order valence-electron chi connectivity index (χ2n) is 8.18. The smallest absolute Gasteiger partial charge is 0.247 e. The van der Waals surface area contributed by atoms with Gasteiger partial charge in [-0.3, -0.25) is 9.89 Å². The van der Waals surface area contributed by atoms with Gasteiger partial charge >= 0.3 is 0 Å². The van der Waals surface area contributed by atoms with E-state index in [1.54, 1.807) is 0 Å². The Morgan fingerprint density at radius 2 is 2.25 bits per heavy atom. The summed E-state index contributed by atoms with van der Waals surface area (Å²) in [6.07, 6.45) is 5.46. The molecule has 3 atom stereocenters. The highest BCUT2D eigenvalue weighted by Gasteiger charge is 2.35. The standard InChI is InChI=1S/C18H28N4O2/c1-11-8-18(2,3)5-4-14(11)17(24)19-9-13-6-12(7-15(13)23)16-20-10-21-22-16/h10,12-13,15,23H,4-9H2,1-3H3,(H,19,24)(H,20,21,22)/t12-,13+,15+/m1/s1. The van der Waals surface area contributed by atoms with Gasteiger partial charge in [0.15, 0.2) is 0 Å². The fourth-order valence-corrected chi connectivity index (χ4v) is 4.18. The minimum Gasteiger partial charge on any atom is -0.393 e. The number of rotatable bonds is 4. The maximum atomic E-state index is 12.5. The van der Waals surface area contributed by atoms with Crippen molar-refractivity contribution < 1.29 is 9.90 Å². The Morgan fingerprint density at radius 3 is 2.92 bits per heavy atom. The molecule has 0 unspecified atom stereocenters. The topological polar surface area (TPSA) is 90.9 Å². The van der Waals surface area contributed by atoms with Crippen LogP contribution >= 0.6 is 0 Å². The van der Waals surface area contributed by atoms with Crippen molar-refractivity contribution in [1.82, 2.24) is 20.5 Å². The lowest BCUT2D eigenvalue weighted by Gasteiger charge is -2.31. The number of carbonyl (C=O) groups excluding carboxylic acids is 1. The number of aromatic amines is 1. The summed E-state index contributed by atoms with van der Waals surface area (Å²) in [6, 6.07) is 0. The van der Waals surface area contributed by atoms with Gasteiger partial charge in [0, 0.05) is 24.0 Å². The largest absolute Gasteiger partial charge is 0.393 e. The number of aromatic nitrogens is 3. The molecule has 1 aromatic rings. The molecule has 1 fully saturated rings. The fraction of sp³-hybridized carbons (Fsp3) is 0.722. The predicted molar refractivity (Wildman–Crippen MR) is 91.2 cm³/mol. The Bertz CT molecular complexity index is 621. The van der Waals surface area contributed by atoms with Gasteiger partial charge in [-0.05, 0) is 44.4 Å². The summed E-state index contributed by atoms with van der Waals surface area (Å²) in [6.45, 7) is 7.10. The second kappa shape index (κ2) is 6.67. The number of nitrogens with zero attached hydrogens (tertiary/aromatic N) is 2. The average Bonchev–Trinajstić information content (AvgIpc) is 3.13. The van der Waals surface area contributed by atoms with Crippen molar-refractivity contribution >= 4 is 5.91 Å². The SMILES string of the molecule is CC1=C(C(=O)NC[C@@H]2C[C@@H](c3ncn[nH]3)C[C@@H]2O)CCC(C)(C)C1. The van der Waals surface area contributed by atoms with Crippen LogP contribution in [-0.2, 0) is 4.79 Å². The van der Waals surface area contributed by atoms with Crippen molar-refractivity contribution in [2.24, 2.45) is 11.3 Å². The molecule has 0 aliphatic heterocycles. The molecule has 2 aliphatic carbocycles. The monoisotopic (exact) mass is 332 g/mol. The van der Waals surface area contributed by atoms with E-state index in [1.807, 2.05) is 0 Å². The van der Waals surface area contributed by atoms with Crippen LogP contribution in [0.4, 0.5) is 0 Å². The highest BCUT2D eigenvalue weighted by atomic mass is 16.3. The molecule has 0 radical (unpaired) electrons. The Balaban J connectivity index is 1.55. The van der Waals surface area contributed by atoms with Crippen LogP contribution in [0, 0.1) is 11.3 Å². The maximum Gasteiger partial charge on any atom is 0.247 e. The first-order chi connectivity index (χ1) is 11.4. The van der Waals surface area contributed by atoms with Gasteiger partial charge in [-0.25, -0.2) is 4.98 Å². The normalized spacial score (nSPS) is 29.8. The summed E-state index contributed by atoms with van der Waals surface area (Å²) in [5.74, 6) is 1.14. The van der Waals surface area contributed by atoms with Gasteiger partial charge in [0.05, 0.1) is 6.10 Å². The number of aliphatic hydroxyl groups excluding tert-OH is 1. The Kier molecular flexibility index (Phi) is 4.76. The fourth-order valence-electron chi connectivity index (χ4n) is 4.18. The number of aliphatic hydroxyl groups is 1. The quantitative estimate of drug-likeness (QED) is 0.789. The van der Waals surface area contributed by atoms with Crippen molar-refractivity contribution in [3.05, 3.63) is 23.3 Å². The van der Waals surface area contributed by atoms with E-state index in [9.17, 15) is 9.90 Å². The number of hydrogen-bond acceptors (Lipinski definition) is 4. The van der Waals surface area contributed by atoms with Crippen LogP contribution in [-0.4, -0.2) is 38.8 Å². The summed E-state index contributed by atoms with van der Waals surface area (Å²) in [5, 5.41) is 20.1. The predicted octanol–water partition coefficient (Wildman–Crippen LogP) is 2.30. The zero-order valence-electron chi connectivity index (χ0n) is 14.8. The van der Waals surface area contributed by atoms with Gasteiger partial charge in [0.2, 0.25) is 5.91 Å². The molecule has 132 valence electrons. The molecule has 1 saturated carbocycles. The van der Waals surface area contributed by atoms with Crippen molar-refractivity contribution in [2.45, 2.75) is 64.9 Å². The zero-order chi connectivity index (χ0) is 17.3. The second-order valence-corrected chi connectivity index (χ2v) is 8.18. The molecule has 6 heteroatoms. The van der Waals surface area contributed by atoms with Gasteiger partial charge in [-0.1, -0.05) is 19.4 Å². The van der Waals surface area contributed by atoms with Crippen molar-refractivity contribution in [2.75, 3.05) is 6.54 Å². The van der Waals surface area contributed by atoms with E-state index >= 15 is 0 Å². The van der Waals surface area contributed by atoms with Gasteiger partial charge in [-0.2, -0.15) is 5.10 Å². The lowest BCUT2D eigenvalue weighted by molar-refractivity contribution is -0.118. The van der Waals surface area contributed by atoms with E-state index in [0.717, 1.165) is 37.1 Å². The van der Waals surface area contributed by atoms with E-state index in [-0.39, 0.29) is 17.7 Å². The third-order valence-corrected chi connectivity index (χ3v) is 5.59. The first-order valence-electron chi connectivity index (χ1n) is 8.86. The molecule has 3 rings (SSSR count). The van der Waals surface area contributed by atoms with Gasteiger partial charge in [0.25, 0.3) is 0 Å². The lowest BCUT2D eigenvalue weighted by Crippen LogP contribution is -2.35.